The molecule has 0 N–H and O–H groups in total. The van der Waals surface area contributed by atoms with Crippen LogP contribution in [0.2, 0.25) is 0 Å². The van der Waals surface area contributed by atoms with Crippen molar-refractivity contribution < 1.29 is 23.9 Å². The summed E-state index contributed by atoms with van der Waals surface area (Å²) in [6.07, 6.45) is 0. The zero-order valence-electron chi connectivity index (χ0n) is 15.3. The van der Waals surface area contributed by atoms with Crippen LogP contribution in [0.3, 0.4) is 0 Å². The van der Waals surface area contributed by atoms with E-state index in [0.717, 1.165) is 4.90 Å². The van der Waals surface area contributed by atoms with Gasteiger partial charge in [-0.3, -0.25) is 9.59 Å². The first kappa shape index (κ1) is 18.4. The Hall–Kier alpha value is -3.41. The molecule has 0 aliphatic carbocycles. The molecule has 2 aromatic carbocycles. The van der Waals surface area contributed by atoms with E-state index in [1.807, 2.05) is 37.3 Å². The molecule has 0 radical (unpaired) electrons. The number of benzene rings is 2. The summed E-state index contributed by atoms with van der Waals surface area (Å²) in [5.74, 6) is -1.04. The fraction of sp³-hybridized carbons (Fsp3) is 0.190. The molecule has 2 amide bonds. The van der Waals surface area contributed by atoms with Crippen molar-refractivity contribution in [1.82, 2.24) is 0 Å². The third-order valence-electron chi connectivity index (χ3n) is 4.21. The van der Waals surface area contributed by atoms with Gasteiger partial charge in [-0.05, 0) is 25.1 Å². The van der Waals surface area contributed by atoms with Gasteiger partial charge in [0.15, 0.2) is 0 Å². The summed E-state index contributed by atoms with van der Waals surface area (Å²) >= 11 is 0. The molecule has 27 heavy (non-hydrogen) atoms. The normalized spacial score (nSPS) is 14.6. The van der Waals surface area contributed by atoms with Crippen LogP contribution < -0.4 is 4.90 Å². The van der Waals surface area contributed by atoms with Crippen molar-refractivity contribution in [1.29, 1.82) is 0 Å². The lowest BCUT2D eigenvalue weighted by Gasteiger charge is -2.13. The second-order valence-corrected chi connectivity index (χ2v) is 5.89. The van der Waals surface area contributed by atoms with Gasteiger partial charge in [-0.2, -0.15) is 0 Å². The van der Waals surface area contributed by atoms with Crippen LogP contribution in [0.15, 0.2) is 48.5 Å². The van der Waals surface area contributed by atoms with Gasteiger partial charge in [-0.1, -0.05) is 30.3 Å². The number of methoxy groups -OCH3 is 1. The number of esters is 1. The minimum atomic E-state index is -0.524. The molecule has 0 saturated heterocycles. The summed E-state index contributed by atoms with van der Waals surface area (Å²) < 4.78 is 10.6. The molecule has 0 saturated carbocycles. The molecule has 0 spiro atoms. The van der Waals surface area contributed by atoms with E-state index in [1.54, 1.807) is 12.1 Å². The molecular formula is C21H19NO5. The van der Waals surface area contributed by atoms with Gasteiger partial charge in [-0.15, -0.1) is 0 Å². The number of hydrogen-bond acceptors (Lipinski definition) is 5. The number of carbonyl (C=O) groups is 3. The van der Waals surface area contributed by atoms with Crippen molar-refractivity contribution in [3.63, 3.8) is 0 Å². The van der Waals surface area contributed by atoms with Gasteiger partial charge in [0.1, 0.15) is 5.76 Å². The monoisotopic (exact) mass is 365 g/mol. The first-order chi connectivity index (χ1) is 13.0. The van der Waals surface area contributed by atoms with Crippen molar-refractivity contribution in [2.75, 3.05) is 18.6 Å². The second-order valence-electron chi connectivity index (χ2n) is 5.89. The van der Waals surface area contributed by atoms with Gasteiger partial charge in [0.25, 0.3) is 5.91 Å². The highest BCUT2D eigenvalue weighted by atomic mass is 16.5. The summed E-state index contributed by atoms with van der Waals surface area (Å²) in [5.41, 5.74) is 2.13. The number of ether oxygens (including phenoxy) is 2. The van der Waals surface area contributed by atoms with E-state index in [9.17, 15) is 14.4 Å². The Kier molecular flexibility index (Phi) is 5.07. The number of carbonyl (C=O) groups excluding carboxylic acids is 3. The molecule has 1 aliphatic rings. The topological polar surface area (TPSA) is 72.9 Å². The van der Waals surface area contributed by atoms with Crippen LogP contribution in [0.1, 0.15) is 35.3 Å². The minimum absolute atomic E-state index is 0.249. The highest BCUT2D eigenvalue weighted by Gasteiger charge is 2.38. The molecule has 0 atom stereocenters. The lowest BCUT2D eigenvalue weighted by atomic mass is 10.00. The number of fused-ring (bicyclic) bond motifs is 1. The van der Waals surface area contributed by atoms with Crippen LogP contribution in [-0.4, -0.2) is 31.5 Å². The second kappa shape index (κ2) is 7.45. The zero-order valence-corrected chi connectivity index (χ0v) is 15.3. The summed E-state index contributed by atoms with van der Waals surface area (Å²) in [7, 11) is 1.29. The quantitative estimate of drug-likeness (QED) is 0.472. The maximum absolute atomic E-state index is 13.1. The molecular weight excluding hydrogens is 346 g/mol. The van der Waals surface area contributed by atoms with Gasteiger partial charge in [0, 0.05) is 18.1 Å². The third-order valence-corrected chi connectivity index (χ3v) is 4.21. The Morgan fingerprint density at radius 2 is 1.74 bits per heavy atom. The first-order valence-electron chi connectivity index (χ1n) is 8.49. The third kappa shape index (κ3) is 3.21. The van der Waals surface area contributed by atoms with Crippen LogP contribution in [0.25, 0.3) is 11.3 Å². The van der Waals surface area contributed by atoms with Crippen LogP contribution in [-0.2, 0) is 19.1 Å². The molecule has 6 nitrogen and oxygen atoms in total. The lowest BCUT2D eigenvalue weighted by Crippen LogP contribution is -2.31. The fourth-order valence-electron chi connectivity index (χ4n) is 3.08. The van der Waals surface area contributed by atoms with E-state index < -0.39 is 17.8 Å². The van der Waals surface area contributed by atoms with Crippen molar-refractivity contribution in [2.45, 2.75) is 13.8 Å². The average molecular weight is 365 g/mol. The molecule has 1 aliphatic heterocycles. The van der Waals surface area contributed by atoms with E-state index >= 15 is 0 Å². The molecule has 6 heteroatoms. The summed E-state index contributed by atoms with van der Waals surface area (Å²) in [5, 5.41) is 0. The Bertz CT molecular complexity index is 946. The van der Waals surface area contributed by atoms with Crippen LogP contribution in [0.5, 0.6) is 0 Å². The molecule has 0 aromatic heterocycles. The molecule has 138 valence electrons. The Morgan fingerprint density at radius 1 is 1.04 bits per heavy atom. The van der Waals surface area contributed by atoms with E-state index in [-0.39, 0.29) is 11.1 Å². The molecule has 2 aromatic rings. The first-order valence-corrected chi connectivity index (χ1v) is 8.49. The Balaban J connectivity index is 2.31. The van der Waals surface area contributed by atoms with Gasteiger partial charge < -0.3 is 9.47 Å². The molecule has 0 fully saturated rings. The van der Waals surface area contributed by atoms with Crippen molar-refractivity contribution in [2.24, 2.45) is 0 Å². The van der Waals surface area contributed by atoms with Crippen LogP contribution in [0.4, 0.5) is 5.69 Å². The summed E-state index contributed by atoms with van der Waals surface area (Å²) in [6, 6.07) is 13.8. The predicted octanol–water partition coefficient (Wildman–Crippen LogP) is 3.27. The highest BCUT2D eigenvalue weighted by Crippen LogP contribution is 2.41. The molecule has 0 unspecified atom stereocenters. The number of imide groups is 1. The van der Waals surface area contributed by atoms with Gasteiger partial charge in [0.05, 0.1) is 30.5 Å². The van der Waals surface area contributed by atoms with Crippen molar-refractivity contribution in [3.8, 4) is 0 Å². The molecule has 1 heterocycles. The van der Waals surface area contributed by atoms with Gasteiger partial charge in [-0.25, -0.2) is 9.69 Å². The van der Waals surface area contributed by atoms with Crippen molar-refractivity contribution >= 4 is 34.8 Å². The van der Waals surface area contributed by atoms with E-state index in [1.165, 1.54) is 20.1 Å². The number of anilines is 1. The van der Waals surface area contributed by atoms with Crippen LogP contribution in [0, 0.1) is 0 Å². The number of hydrogen-bond donors (Lipinski definition) is 0. The number of amides is 2. The Labute approximate surface area is 157 Å². The van der Waals surface area contributed by atoms with Crippen molar-refractivity contribution in [3.05, 3.63) is 65.2 Å². The van der Waals surface area contributed by atoms with Gasteiger partial charge in [0.2, 0.25) is 5.91 Å². The minimum Gasteiger partial charge on any atom is -0.492 e. The van der Waals surface area contributed by atoms with Gasteiger partial charge >= 0.3 is 5.97 Å². The number of nitrogens with zero attached hydrogens (tertiary/aromatic N) is 1. The van der Waals surface area contributed by atoms with E-state index in [0.29, 0.717) is 29.2 Å². The standard InChI is InChI=1S/C21H19NO5/c1-4-27-19(14-8-6-5-7-9-14)18-16-12-15(21(25)26-3)10-11-17(16)22(13(2)23)20(18)24/h5-12H,4H2,1-3H3. The Morgan fingerprint density at radius 3 is 2.33 bits per heavy atom. The highest BCUT2D eigenvalue weighted by molar-refractivity contribution is 6.43. The maximum atomic E-state index is 13.1. The number of rotatable bonds is 4. The van der Waals surface area contributed by atoms with Crippen LogP contribution >= 0.6 is 0 Å². The summed E-state index contributed by atoms with van der Waals surface area (Å²) in [6.45, 7) is 3.48. The molecule has 3 rings (SSSR count). The largest absolute Gasteiger partial charge is 0.492 e. The average Bonchev–Trinajstić information content (AvgIpc) is 2.97. The SMILES string of the molecule is CCOC(=C1C(=O)N(C(C)=O)c2ccc(C(=O)OC)cc21)c1ccccc1. The van der Waals surface area contributed by atoms with E-state index in [4.69, 9.17) is 9.47 Å². The maximum Gasteiger partial charge on any atom is 0.337 e. The lowest BCUT2D eigenvalue weighted by molar-refractivity contribution is -0.122. The smallest absolute Gasteiger partial charge is 0.337 e. The molecule has 0 bridgehead atoms. The summed E-state index contributed by atoms with van der Waals surface area (Å²) in [4.78, 5) is 38.2. The predicted molar refractivity (Wildman–Crippen MR) is 101 cm³/mol. The zero-order chi connectivity index (χ0) is 19.6. The van der Waals surface area contributed by atoms with E-state index in [2.05, 4.69) is 0 Å². The fourth-order valence-corrected chi connectivity index (χ4v) is 3.08.